The van der Waals surface area contributed by atoms with E-state index in [0.717, 1.165) is 61.3 Å². The van der Waals surface area contributed by atoms with E-state index in [0.29, 0.717) is 29.1 Å². The standard InChI is InChI=1S/C47H31F2N7/c48-35-23-19-32(20-24-35)46-50-39-15-7-9-17-41(39)55(46)37-27-34(45-53-43(30-11-3-1-4-12-30)52-44(54-45)31-13-5-2-6-14-31)28-38(29-37)56-42-18-10-8-16-40(42)51-47(56)33-21-25-36(49)26-22-33/h1-25,27-29,36H,26H2. The lowest BCUT2D eigenvalue weighted by atomic mass is 10.0. The summed E-state index contributed by atoms with van der Waals surface area (Å²) in [5, 5.41) is 0. The van der Waals surface area contributed by atoms with Gasteiger partial charge in [0.15, 0.2) is 17.5 Å². The van der Waals surface area contributed by atoms with Crippen LogP contribution in [0.25, 0.3) is 84.6 Å². The van der Waals surface area contributed by atoms with Gasteiger partial charge < -0.3 is 0 Å². The number of hydrogen-bond acceptors (Lipinski definition) is 5. The molecule has 3 heterocycles. The van der Waals surface area contributed by atoms with E-state index in [2.05, 4.69) is 27.3 Å². The summed E-state index contributed by atoms with van der Waals surface area (Å²) < 4.78 is 32.8. The number of nitrogens with zero attached hydrogens (tertiary/aromatic N) is 7. The SMILES string of the molecule is Fc1ccc(-c2nc3ccccc3n2-c2cc(-c3nc(-c4ccccc4)nc(-c4ccccc4)n3)cc(-n3c(C4=CCC(F)C=C4)nc4ccccc43)c2)cc1. The van der Waals surface area contributed by atoms with E-state index in [1.165, 1.54) is 12.1 Å². The first-order valence-electron chi connectivity index (χ1n) is 18.3. The lowest BCUT2D eigenvalue weighted by Gasteiger charge is -2.17. The summed E-state index contributed by atoms with van der Waals surface area (Å²) in [5.74, 6) is 2.53. The quantitative estimate of drug-likeness (QED) is 0.163. The highest BCUT2D eigenvalue weighted by atomic mass is 19.1. The van der Waals surface area contributed by atoms with Crippen molar-refractivity contribution in [2.45, 2.75) is 12.6 Å². The minimum atomic E-state index is -1.05. The van der Waals surface area contributed by atoms with E-state index in [4.69, 9.17) is 24.9 Å². The second-order valence-corrected chi connectivity index (χ2v) is 13.6. The Morgan fingerprint density at radius 2 is 0.982 bits per heavy atom. The fourth-order valence-corrected chi connectivity index (χ4v) is 7.24. The number of aromatic nitrogens is 7. The predicted octanol–water partition coefficient (Wildman–Crippen LogP) is 11.0. The number of fused-ring (bicyclic) bond motifs is 2. The minimum Gasteiger partial charge on any atom is -0.292 e. The van der Waals surface area contributed by atoms with Crippen molar-refractivity contribution in [2.75, 3.05) is 0 Å². The average molecular weight is 732 g/mol. The molecule has 1 aliphatic rings. The molecule has 1 unspecified atom stereocenters. The fraction of sp³-hybridized carbons (Fsp3) is 0.0426. The van der Waals surface area contributed by atoms with E-state index in [-0.39, 0.29) is 12.2 Å². The van der Waals surface area contributed by atoms with Crippen molar-refractivity contribution in [3.63, 3.8) is 0 Å². The van der Waals surface area contributed by atoms with E-state index in [1.54, 1.807) is 24.3 Å². The Labute approximate surface area is 320 Å². The number of imidazole rings is 2. The summed E-state index contributed by atoms with van der Waals surface area (Å²) in [6.45, 7) is 0. The molecule has 0 radical (unpaired) electrons. The number of allylic oxidation sites excluding steroid dienone is 4. The van der Waals surface area contributed by atoms with Crippen molar-refractivity contribution in [2.24, 2.45) is 0 Å². The maximum Gasteiger partial charge on any atom is 0.164 e. The monoisotopic (exact) mass is 731 g/mol. The Bertz CT molecular complexity index is 2910. The second kappa shape index (κ2) is 13.8. The lowest BCUT2D eigenvalue weighted by molar-refractivity contribution is 0.402. The molecule has 56 heavy (non-hydrogen) atoms. The number of benzene rings is 6. The van der Waals surface area contributed by atoms with Gasteiger partial charge in [-0.3, -0.25) is 9.13 Å². The van der Waals surface area contributed by atoms with Gasteiger partial charge in [-0.1, -0.05) is 97.1 Å². The summed E-state index contributed by atoms with van der Waals surface area (Å²) in [4.78, 5) is 25.3. The zero-order valence-electron chi connectivity index (χ0n) is 29.8. The second-order valence-electron chi connectivity index (χ2n) is 13.6. The normalized spacial score (nSPS) is 14.0. The molecule has 0 saturated carbocycles. The minimum absolute atomic E-state index is 0.262. The van der Waals surface area contributed by atoms with Crippen molar-refractivity contribution in [3.05, 3.63) is 182 Å². The summed E-state index contributed by atoms with van der Waals surface area (Å²) in [6.07, 6.45) is 4.49. The van der Waals surface area contributed by atoms with E-state index in [9.17, 15) is 8.78 Å². The maximum absolute atomic E-state index is 14.4. The van der Waals surface area contributed by atoms with Crippen molar-refractivity contribution in [1.82, 2.24) is 34.1 Å². The molecule has 6 aromatic carbocycles. The molecule has 268 valence electrons. The van der Waals surface area contributed by atoms with Crippen LogP contribution in [-0.4, -0.2) is 40.2 Å². The Balaban J connectivity index is 1.28. The van der Waals surface area contributed by atoms with Gasteiger partial charge in [0.05, 0.1) is 33.4 Å². The third-order valence-corrected chi connectivity index (χ3v) is 9.91. The Morgan fingerprint density at radius 1 is 0.482 bits per heavy atom. The third-order valence-electron chi connectivity index (χ3n) is 9.91. The topological polar surface area (TPSA) is 74.3 Å². The molecule has 7 nitrogen and oxygen atoms in total. The Kier molecular flexibility index (Phi) is 8.17. The van der Waals surface area contributed by atoms with Gasteiger partial charge in [0.2, 0.25) is 0 Å². The molecular weight excluding hydrogens is 701 g/mol. The molecule has 0 bridgehead atoms. The highest BCUT2D eigenvalue weighted by Crippen LogP contribution is 2.36. The molecule has 1 atom stereocenters. The molecule has 1 aliphatic carbocycles. The molecule has 0 amide bonds. The van der Waals surface area contributed by atoms with E-state index < -0.39 is 6.17 Å². The fourth-order valence-electron chi connectivity index (χ4n) is 7.24. The van der Waals surface area contributed by atoms with Gasteiger partial charge in [0.25, 0.3) is 0 Å². The van der Waals surface area contributed by atoms with Gasteiger partial charge in [-0.2, -0.15) is 0 Å². The van der Waals surface area contributed by atoms with Crippen LogP contribution in [0.3, 0.4) is 0 Å². The smallest absolute Gasteiger partial charge is 0.164 e. The zero-order chi connectivity index (χ0) is 37.6. The molecule has 3 aromatic heterocycles. The predicted molar refractivity (Wildman–Crippen MR) is 217 cm³/mol. The summed E-state index contributed by atoms with van der Waals surface area (Å²) in [6, 6.07) is 48.2. The van der Waals surface area contributed by atoms with Crippen molar-refractivity contribution < 1.29 is 8.78 Å². The van der Waals surface area contributed by atoms with E-state index in [1.807, 2.05) is 115 Å². The number of alkyl halides is 1. The Hall–Kier alpha value is -7.39. The molecule has 9 heteroatoms. The number of rotatable bonds is 7. The van der Waals surface area contributed by atoms with Crippen molar-refractivity contribution in [1.29, 1.82) is 0 Å². The summed E-state index contributed by atoms with van der Waals surface area (Å²) in [5.41, 5.74) is 8.87. The molecule has 9 aromatic rings. The van der Waals surface area contributed by atoms with Gasteiger partial charge in [0, 0.05) is 34.2 Å². The van der Waals surface area contributed by atoms with Crippen LogP contribution < -0.4 is 0 Å². The maximum atomic E-state index is 14.4. The molecule has 0 saturated heterocycles. The van der Waals surface area contributed by atoms with Crippen LogP contribution in [0.5, 0.6) is 0 Å². The van der Waals surface area contributed by atoms with Gasteiger partial charge >= 0.3 is 0 Å². The summed E-state index contributed by atoms with van der Waals surface area (Å²) in [7, 11) is 0. The highest BCUT2D eigenvalue weighted by molar-refractivity contribution is 5.87. The zero-order valence-corrected chi connectivity index (χ0v) is 29.8. The molecular formula is C47H31F2N7. The van der Waals surface area contributed by atoms with Crippen LogP contribution in [0.15, 0.2) is 170 Å². The number of halogens is 2. The first kappa shape index (κ1) is 33.2. The molecule has 0 fully saturated rings. The van der Waals surface area contributed by atoms with Gasteiger partial charge in [0.1, 0.15) is 23.6 Å². The Morgan fingerprint density at radius 3 is 1.54 bits per heavy atom. The number of hydrogen-bond donors (Lipinski definition) is 0. The van der Waals surface area contributed by atoms with Crippen LogP contribution in [0.1, 0.15) is 12.2 Å². The summed E-state index contributed by atoms with van der Waals surface area (Å²) >= 11 is 0. The van der Waals surface area contributed by atoms with Gasteiger partial charge in [-0.05, 0) is 72.8 Å². The first-order valence-corrected chi connectivity index (χ1v) is 18.3. The molecule has 0 N–H and O–H groups in total. The van der Waals surface area contributed by atoms with Crippen molar-refractivity contribution in [3.8, 4) is 56.9 Å². The average Bonchev–Trinajstić information content (AvgIpc) is 3.84. The van der Waals surface area contributed by atoms with Crippen LogP contribution >= 0.6 is 0 Å². The van der Waals surface area contributed by atoms with Crippen LogP contribution in [0.2, 0.25) is 0 Å². The van der Waals surface area contributed by atoms with Gasteiger partial charge in [-0.15, -0.1) is 0 Å². The van der Waals surface area contributed by atoms with Crippen LogP contribution in [0.4, 0.5) is 8.78 Å². The molecule has 0 spiro atoms. The first-order chi connectivity index (χ1) is 27.6. The molecule has 0 aliphatic heterocycles. The number of para-hydroxylation sites is 4. The third kappa shape index (κ3) is 6.05. The van der Waals surface area contributed by atoms with Gasteiger partial charge in [-0.25, -0.2) is 33.7 Å². The highest BCUT2D eigenvalue weighted by Gasteiger charge is 2.22. The van der Waals surface area contributed by atoms with Crippen LogP contribution in [0, 0.1) is 5.82 Å². The largest absolute Gasteiger partial charge is 0.292 e. The lowest BCUT2D eigenvalue weighted by Crippen LogP contribution is -2.07. The van der Waals surface area contributed by atoms with E-state index >= 15 is 0 Å². The van der Waals surface area contributed by atoms with Crippen molar-refractivity contribution >= 4 is 27.6 Å². The van der Waals surface area contributed by atoms with Crippen LogP contribution in [-0.2, 0) is 0 Å². The molecule has 10 rings (SSSR count).